The minimum absolute atomic E-state index is 0.0456. The summed E-state index contributed by atoms with van der Waals surface area (Å²) in [6.45, 7) is 3.54. The second kappa shape index (κ2) is 8.11. The lowest BCUT2D eigenvalue weighted by Gasteiger charge is -2.09. The van der Waals surface area contributed by atoms with Crippen molar-refractivity contribution in [3.63, 3.8) is 0 Å². The molecule has 0 aliphatic heterocycles. The van der Waals surface area contributed by atoms with Gasteiger partial charge in [-0.3, -0.25) is 4.79 Å². The van der Waals surface area contributed by atoms with Crippen LogP contribution in [0.2, 0.25) is 0 Å². The van der Waals surface area contributed by atoms with Gasteiger partial charge in [0.25, 0.3) is 5.91 Å². The number of benzene rings is 1. The molecule has 1 rings (SSSR count). The maximum Gasteiger partial charge on any atom is 0.257 e. The molecule has 0 spiro atoms. The standard InChI is InChI=1S/C13H19BrN2O2/c1-3-6-16-13(17)9-18-12-5-4-10(8-15-2)7-11(12)14/h4-5,7,15H,3,6,8-9H2,1-2H3,(H,16,17). The van der Waals surface area contributed by atoms with E-state index in [2.05, 4.69) is 26.6 Å². The molecule has 0 aliphatic carbocycles. The summed E-state index contributed by atoms with van der Waals surface area (Å²) in [6, 6.07) is 5.82. The van der Waals surface area contributed by atoms with Crippen LogP contribution in [0.3, 0.4) is 0 Å². The Morgan fingerprint density at radius 1 is 1.44 bits per heavy atom. The van der Waals surface area contributed by atoms with E-state index in [1.807, 2.05) is 32.2 Å². The van der Waals surface area contributed by atoms with E-state index >= 15 is 0 Å². The number of ether oxygens (including phenoxy) is 1. The Morgan fingerprint density at radius 3 is 2.83 bits per heavy atom. The first kappa shape index (κ1) is 15.0. The van der Waals surface area contributed by atoms with Crippen molar-refractivity contribution >= 4 is 21.8 Å². The van der Waals surface area contributed by atoms with Gasteiger partial charge in [-0.25, -0.2) is 0 Å². The molecular weight excluding hydrogens is 296 g/mol. The molecule has 18 heavy (non-hydrogen) atoms. The molecule has 1 amide bonds. The van der Waals surface area contributed by atoms with Crippen molar-refractivity contribution in [2.75, 3.05) is 20.2 Å². The second-order valence-electron chi connectivity index (χ2n) is 3.93. The van der Waals surface area contributed by atoms with Gasteiger partial charge in [0.15, 0.2) is 6.61 Å². The molecule has 0 aromatic heterocycles. The number of nitrogens with one attached hydrogen (secondary N) is 2. The van der Waals surface area contributed by atoms with Crippen LogP contribution in [-0.4, -0.2) is 26.1 Å². The van der Waals surface area contributed by atoms with Crippen LogP contribution in [0.15, 0.2) is 22.7 Å². The Kier molecular flexibility index (Phi) is 6.75. The molecule has 0 radical (unpaired) electrons. The summed E-state index contributed by atoms with van der Waals surface area (Å²) in [6.07, 6.45) is 0.925. The Bertz CT molecular complexity index is 397. The van der Waals surface area contributed by atoms with Crippen LogP contribution in [0.25, 0.3) is 0 Å². The highest BCUT2D eigenvalue weighted by atomic mass is 79.9. The Labute approximate surface area is 116 Å². The second-order valence-corrected chi connectivity index (χ2v) is 4.79. The summed E-state index contributed by atoms with van der Waals surface area (Å²) in [5.74, 6) is 0.588. The first-order valence-corrected chi connectivity index (χ1v) is 6.79. The zero-order chi connectivity index (χ0) is 13.4. The van der Waals surface area contributed by atoms with Gasteiger partial charge in [-0.05, 0) is 47.1 Å². The van der Waals surface area contributed by atoms with Gasteiger partial charge in [-0.1, -0.05) is 13.0 Å². The van der Waals surface area contributed by atoms with Crippen molar-refractivity contribution in [3.8, 4) is 5.75 Å². The van der Waals surface area contributed by atoms with E-state index in [1.54, 1.807) is 0 Å². The Balaban J connectivity index is 2.49. The third-order valence-electron chi connectivity index (χ3n) is 2.31. The summed E-state index contributed by atoms with van der Waals surface area (Å²) in [5.41, 5.74) is 1.16. The molecule has 0 heterocycles. The Morgan fingerprint density at radius 2 is 2.22 bits per heavy atom. The van der Waals surface area contributed by atoms with Gasteiger partial charge in [0.2, 0.25) is 0 Å². The van der Waals surface area contributed by atoms with Crippen LogP contribution >= 0.6 is 15.9 Å². The van der Waals surface area contributed by atoms with Crippen molar-refractivity contribution in [2.45, 2.75) is 19.9 Å². The lowest BCUT2D eigenvalue weighted by molar-refractivity contribution is -0.123. The number of carbonyl (C=O) groups excluding carboxylic acids is 1. The van der Waals surface area contributed by atoms with Crippen molar-refractivity contribution in [3.05, 3.63) is 28.2 Å². The van der Waals surface area contributed by atoms with E-state index in [1.165, 1.54) is 0 Å². The van der Waals surface area contributed by atoms with Crippen LogP contribution in [0, 0.1) is 0 Å². The fourth-order valence-corrected chi connectivity index (χ4v) is 1.97. The predicted octanol–water partition coefficient (Wildman–Crippen LogP) is 2.07. The maximum atomic E-state index is 11.4. The van der Waals surface area contributed by atoms with E-state index in [0.717, 1.165) is 23.0 Å². The first-order chi connectivity index (χ1) is 8.67. The average molecular weight is 315 g/mol. The van der Waals surface area contributed by atoms with E-state index in [4.69, 9.17) is 4.74 Å². The molecule has 100 valence electrons. The number of rotatable bonds is 7. The lowest BCUT2D eigenvalue weighted by atomic mass is 10.2. The zero-order valence-electron chi connectivity index (χ0n) is 10.8. The summed E-state index contributed by atoms with van der Waals surface area (Å²) in [4.78, 5) is 11.4. The van der Waals surface area contributed by atoms with Gasteiger partial charge in [-0.2, -0.15) is 0 Å². The summed E-state index contributed by atoms with van der Waals surface area (Å²) in [7, 11) is 1.90. The highest BCUT2D eigenvalue weighted by molar-refractivity contribution is 9.10. The average Bonchev–Trinajstić information content (AvgIpc) is 2.35. The molecule has 0 unspecified atom stereocenters. The minimum Gasteiger partial charge on any atom is -0.483 e. The molecule has 0 atom stereocenters. The van der Waals surface area contributed by atoms with Crippen LogP contribution in [0.5, 0.6) is 5.75 Å². The number of carbonyl (C=O) groups is 1. The first-order valence-electron chi connectivity index (χ1n) is 6.00. The minimum atomic E-state index is -0.0944. The molecule has 1 aromatic rings. The van der Waals surface area contributed by atoms with Crippen molar-refractivity contribution < 1.29 is 9.53 Å². The van der Waals surface area contributed by atoms with E-state index in [0.29, 0.717) is 12.3 Å². The third kappa shape index (κ3) is 5.06. The third-order valence-corrected chi connectivity index (χ3v) is 2.93. The van der Waals surface area contributed by atoms with Crippen LogP contribution in [-0.2, 0) is 11.3 Å². The number of hydrogen-bond donors (Lipinski definition) is 2. The van der Waals surface area contributed by atoms with Gasteiger partial charge in [-0.15, -0.1) is 0 Å². The molecule has 0 saturated heterocycles. The molecule has 1 aromatic carbocycles. The summed E-state index contributed by atoms with van der Waals surface area (Å²) < 4.78 is 6.31. The monoisotopic (exact) mass is 314 g/mol. The predicted molar refractivity (Wildman–Crippen MR) is 75.7 cm³/mol. The molecule has 5 heteroatoms. The molecular formula is C13H19BrN2O2. The van der Waals surface area contributed by atoms with Gasteiger partial charge in [0, 0.05) is 13.1 Å². The smallest absolute Gasteiger partial charge is 0.257 e. The largest absolute Gasteiger partial charge is 0.483 e. The molecule has 0 fully saturated rings. The number of hydrogen-bond acceptors (Lipinski definition) is 3. The lowest BCUT2D eigenvalue weighted by Crippen LogP contribution is -2.29. The SMILES string of the molecule is CCCNC(=O)COc1ccc(CNC)cc1Br. The zero-order valence-corrected chi connectivity index (χ0v) is 12.3. The van der Waals surface area contributed by atoms with Gasteiger partial charge in [0.1, 0.15) is 5.75 Å². The number of halogens is 1. The van der Waals surface area contributed by atoms with Gasteiger partial charge in [0.05, 0.1) is 4.47 Å². The highest BCUT2D eigenvalue weighted by Crippen LogP contribution is 2.25. The van der Waals surface area contributed by atoms with Crippen molar-refractivity contribution in [2.24, 2.45) is 0 Å². The molecule has 4 nitrogen and oxygen atoms in total. The van der Waals surface area contributed by atoms with Crippen molar-refractivity contribution in [1.82, 2.24) is 10.6 Å². The van der Waals surface area contributed by atoms with Gasteiger partial charge < -0.3 is 15.4 Å². The van der Waals surface area contributed by atoms with E-state index in [-0.39, 0.29) is 12.5 Å². The summed E-state index contributed by atoms with van der Waals surface area (Å²) >= 11 is 3.44. The fourth-order valence-electron chi connectivity index (χ4n) is 1.43. The van der Waals surface area contributed by atoms with E-state index in [9.17, 15) is 4.79 Å². The highest BCUT2D eigenvalue weighted by Gasteiger charge is 2.05. The Hall–Kier alpha value is -1.07. The van der Waals surface area contributed by atoms with Crippen LogP contribution < -0.4 is 15.4 Å². The molecule has 0 aliphatic rings. The fraction of sp³-hybridized carbons (Fsp3) is 0.462. The quantitative estimate of drug-likeness (QED) is 0.810. The van der Waals surface area contributed by atoms with Gasteiger partial charge >= 0.3 is 0 Å². The topological polar surface area (TPSA) is 50.4 Å². The molecule has 0 saturated carbocycles. The normalized spacial score (nSPS) is 10.2. The van der Waals surface area contributed by atoms with Crippen LogP contribution in [0.4, 0.5) is 0 Å². The number of amides is 1. The van der Waals surface area contributed by atoms with Crippen molar-refractivity contribution in [1.29, 1.82) is 0 Å². The molecule has 2 N–H and O–H groups in total. The van der Waals surface area contributed by atoms with E-state index < -0.39 is 0 Å². The maximum absolute atomic E-state index is 11.4. The van der Waals surface area contributed by atoms with Crippen LogP contribution in [0.1, 0.15) is 18.9 Å². The summed E-state index contributed by atoms with van der Waals surface area (Å²) in [5, 5.41) is 5.84. The molecule has 0 bridgehead atoms.